The Labute approximate surface area is 157 Å². The average molecular weight is 366 g/mol. The molecule has 4 rings (SSSR count). The van der Waals surface area contributed by atoms with Gasteiger partial charge in [-0.15, -0.1) is 0 Å². The van der Waals surface area contributed by atoms with Crippen LogP contribution in [0.3, 0.4) is 0 Å². The van der Waals surface area contributed by atoms with Crippen molar-refractivity contribution in [2.45, 2.75) is 13.5 Å². The number of nitrogens with zero attached hydrogens (tertiary/aromatic N) is 4. The molecule has 1 fully saturated rings. The highest BCUT2D eigenvalue weighted by Crippen LogP contribution is 2.32. The fraction of sp³-hybridized carbons (Fsp3) is 0.350. The van der Waals surface area contributed by atoms with Crippen molar-refractivity contribution in [1.29, 1.82) is 0 Å². The Kier molecular flexibility index (Phi) is 4.77. The first-order chi connectivity index (χ1) is 13.1. The van der Waals surface area contributed by atoms with E-state index in [4.69, 9.17) is 9.15 Å². The number of aryl methyl sites for hydroxylation is 1. The topological polar surface area (TPSA) is 71.7 Å². The number of ether oxygens (including phenoxy) is 1. The van der Waals surface area contributed by atoms with Crippen molar-refractivity contribution in [1.82, 2.24) is 14.9 Å². The van der Waals surface area contributed by atoms with E-state index in [0.29, 0.717) is 42.2 Å². The minimum Gasteiger partial charge on any atom is -0.442 e. The van der Waals surface area contributed by atoms with E-state index in [1.807, 2.05) is 30.3 Å². The van der Waals surface area contributed by atoms with Crippen LogP contribution in [0.4, 0.5) is 5.82 Å². The Morgan fingerprint density at radius 1 is 1.19 bits per heavy atom. The first-order valence-electron chi connectivity index (χ1n) is 9.01. The summed E-state index contributed by atoms with van der Waals surface area (Å²) in [6.45, 7) is 5.05. The highest BCUT2D eigenvalue weighted by Gasteiger charge is 2.27. The quantitative estimate of drug-likeness (QED) is 0.707. The van der Waals surface area contributed by atoms with E-state index < -0.39 is 0 Å². The summed E-state index contributed by atoms with van der Waals surface area (Å²) in [4.78, 5) is 25.8. The molecule has 1 aromatic carbocycles. The first-order valence-corrected chi connectivity index (χ1v) is 9.01. The molecule has 1 aliphatic heterocycles. The number of carbonyl (C=O) groups excluding carboxylic acids is 1. The van der Waals surface area contributed by atoms with E-state index in [1.165, 1.54) is 6.33 Å². The second-order valence-electron chi connectivity index (χ2n) is 6.66. The normalized spacial score (nSPS) is 14.5. The van der Waals surface area contributed by atoms with Crippen LogP contribution in [-0.2, 0) is 11.3 Å². The van der Waals surface area contributed by atoms with Crippen molar-refractivity contribution < 1.29 is 13.9 Å². The van der Waals surface area contributed by atoms with Gasteiger partial charge in [0.15, 0.2) is 0 Å². The summed E-state index contributed by atoms with van der Waals surface area (Å²) in [7, 11) is 1.80. The van der Waals surface area contributed by atoms with Gasteiger partial charge in [0.25, 0.3) is 5.91 Å². The van der Waals surface area contributed by atoms with Crippen LogP contribution in [0.2, 0.25) is 0 Å². The molecule has 0 spiro atoms. The van der Waals surface area contributed by atoms with Crippen molar-refractivity contribution in [3.05, 3.63) is 53.5 Å². The van der Waals surface area contributed by atoms with Crippen LogP contribution >= 0.6 is 0 Å². The van der Waals surface area contributed by atoms with E-state index in [1.54, 1.807) is 18.9 Å². The zero-order chi connectivity index (χ0) is 18.8. The largest absolute Gasteiger partial charge is 0.442 e. The first kappa shape index (κ1) is 17.5. The van der Waals surface area contributed by atoms with Gasteiger partial charge >= 0.3 is 0 Å². The van der Waals surface area contributed by atoms with Crippen molar-refractivity contribution in [3.8, 4) is 0 Å². The van der Waals surface area contributed by atoms with Gasteiger partial charge in [0.2, 0.25) is 5.71 Å². The molecule has 0 bridgehead atoms. The van der Waals surface area contributed by atoms with Gasteiger partial charge in [0.1, 0.15) is 17.9 Å². The standard InChI is InChI=1S/C20H22N4O3/c1-14-16(20(25)23(2)12-15-6-4-3-5-7-15)17-18(21-13-22-19(17)27-14)24-8-10-26-11-9-24/h3-7,13H,8-12H2,1-2H3. The smallest absolute Gasteiger partial charge is 0.258 e. The molecule has 0 N–H and O–H groups in total. The summed E-state index contributed by atoms with van der Waals surface area (Å²) >= 11 is 0. The number of aromatic nitrogens is 2. The molecule has 0 atom stereocenters. The summed E-state index contributed by atoms with van der Waals surface area (Å²) < 4.78 is 11.2. The van der Waals surface area contributed by atoms with Crippen LogP contribution in [0.15, 0.2) is 41.1 Å². The Hall–Kier alpha value is -2.93. The fourth-order valence-electron chi connectivity index (χ4n) is 3.42. The number of furan rings is 1. The molecule has 0 saturated carbocycles. The van der Waals surface area contributed by atoms with Crippen LogP contribution in [0.1, 0.15) is 21.7 Å². The maximum Gasteiger partial charge on any atom is 0.258 e. The lowest BCUT2D eigenvalue weighted by Crippen LogP contribution is -2.37. The van der Waals surface area contributed by atoms with Gasteiger partial charge < -0.3 is 19.0 Å². The Balaban J connectivity index is 1.72. The van der Waals surface area contributed by atoms with Crippen LogP contribution in [0, 0.1) is 6.92 Å². The highest BCUT2D eigenvalue weighted by atomic mass is 16.5. The predicted molar refractivity (Wildman–Crippen MR) is 102 cm³/mol. The van der Waals surface area contributed by atoms with Crippen molar-refractivity contribution in [2.75, 3.05) is 38.3 Å². The molecule has 0 unspecified atom stereocenters. The van der Waals surface area contributed by atoms with Crippen LogP contribution in [0.25, 0.3) is 11.1 Å². The van der Waals surface area contributed by atoms with Gasteiger partial charge in [0, 0.05) is 26.7 Å². The number of hydrogen-bond acceptors (Lipinski definition) is 6. The fourth-order valence-corrected chi connectivity index (χ4v) is 3.42. The van der Waals surface area contributed by atoms with Gasteiger partial charge in [-0.2, -0.15) is 0 Å². The van der Waals surface area contributed by atoms with E-state index in [2.05, 4.69) is 14.9 Å². The minimum absolute atomic E-state index is 0.0978. The molecule has 140 valence electrons. The van der Waals surface area contributed by atoms with Gasteiger partial charge in [0.05, 0.1) is 24.2 Å². The second-order valence-corrected chi connectivity index (χ2v) is 6.66. The van der Waals surface area contributed by atoms with Gasteiger partial charge in [-0.1, -0.05) is 30.3 Å². The molecule has 27 heavy (non-hydrogen) atoms. The predicted octanol–water partition coefficient (Wildman–Crippen LogP) is 2.64. The van der Waals surface area contributed by atoms with Gasteiger partial charge in [-0.25, -0.2) is 9.97 Å². The summed E-state index contributed by atoms with van der Waals surface area (Å²) in [6, 6.07) is 9.91. The van der Waals surface area contributed by atoms with E-state index in [9.17, 15) is 4.79 Å². The molecular formula is C20H22N4O3. The van der Waals surface area contributed by atoms with Crippen molar-refractivity contribution in [2.24, 2.45) is 0 Å². The van der Waals surface area contributed by atoms with Crippen LogP contribution in [-0.4, -0.2) is 54.1 Å². The number of benzene rings is 1. The SMILES string of the molecule is Cc1oc2ncnc(N3CCOCC3)c2c1C(=O)N(C)Cc1ccccc1. The molecule has 0 aliphatic carbocycles. The maximum atomic E-state index is 13.2. The van der Waals surface area contributed by atoms with E-state index >= 15 is 0 Å². The molecule has 2 aromatic heterocycles. The third-order valence-electron chi connectivity index (χ3n) is 4.78. The number of morpholine rings is 1. The molecule has 7 heteroatoms. The lowest BCUT2D eigenvalue weighted by atomic mass is 10.1. The minimum atomic E-state index is -0.0978. The molecule has 7 nitrogen and oxygen atoms in total. The van der Waals surface area contributed by atoms with Gasteiger partial charge in [-0.3, -0.25) is 4.79 Å². The monoisotopic (exact) mass is 366 g/mol. The van der Waals surface area contributed by atoms with Crippen LogP contribution < -0.4 is 4.90 Å². The number of hydrogen-bond donors (Lipinski definition) is 0. The number of carbonyl (C=O) groups is 1. The van der Waals surface area contributed by atoms with E-state index in [0.717, 1.165) is 24.5 Å². The van der Waals surface area contributed by atoms with Crippen molar-refractivity contribution >= 4 is 22.8 Å². The van der Waals surface area contributed by atoms with Crippen LogP contribution in [0.5, 0.6) is 0 Å². The summed E-state index contributed by atoms with van der Waals surface area (Å²) in [5, 5.41) is 0.682. The molecule has 0 radical (unpaired) electrons. The third kappa shape index (κ3) is 3.38. The van der Waals surface area contributed by atoms with E-state index in [-0.39, 0.29) is 5.91 Å². The highest BCUT2D eigenvalue weighted by molar-refractivity contribution is 6.10. The molecule has 1 saturated heterocycles. The number of rotatable bonds is 4. The summed E-state index contributed by atoms with van der Waals surface area (Å²) in [5.41, 5.74) is 2.05. The maximum absolute atomic E-state index is 13.2. The summed E-state index contributed by atoms with van der Waals surface area (Å²) in [6.07, 6.45) is 1.48. The Bertz CT molecular complexity index is 949. The number of fused-ring (bicyclic) bond motifs is 1. The second kappa shape index (κ2) is 7.36. The average Bonchev–Trinajstić information content (AvgIpc) is 3.04. The Morgan fingerprint density at radius 2 is 1.93 bits per heavy atom. The lowest BCUT2D eigenvalue weighted by molar-refractivity contribution is 0.0785. The molecular weight excluding hydrogens is 344 g/mol. The third-order valence-corrected chi connectivity index (χ3v) is 4.78. The zero-order valence-electron chi connectivity index (χ0n) is 15.5. The lowest BCUT2D eigenvalue weighted by Gasteiger charge is -2.28. The number of anilines is 1. The molecule has 1 amide bonds. The molecule has 1 aliphatic rings. The zero-order valence-corrected chi connectivity index (χ0v) is 15.5. The summed E-state index contributed by atoms with van der Waals surface area (Å²) in [5.74, 6) is 1.20. The Morgan fingerprint density at radius 3 is 2.67 bits per heavy atom. The molecule has 3 aromatic rings. The van der Waals surface area contributed by atoms with Gasteiger partial charge in [-0.05, 0) is 12.5 Å². The number of amides is 1. The molecule has 3 heterocycles. The van der Waals surface area contributed by atoms with Crippen molar-refractivity contribution in [3.63, 3.8) is 0 Å².